The minimum Gasteiger partial charge on any atom is -0.360 e. The van der Waals surface area contributed by atoms with Crippen LogP contribution in [0.25, 0.3) is 0 Å². The molecule has 0 radical (unpaired) electrons. The van der Waals surface area contributed by atoms with Crippen LogP contribution in [0.5, 0.6) is 0 Å². The molecule has 1 saturated heterocycles. The summed E-state index contributed by atoms with van der Waals surface area (Å²) in [5.41, 5.74) is 3.60. The van der Waals surface area contributed by atoms with E-state index in [0.717, 1.165) is 69.9 Å². The first-order valence-corrected chi connectivity index (χ1v) is 9.78. The van der Waals surface area contributed by atoms with Gasteiger partial charge in [-0.25, -0.2) is 0 Å². The first-order valence-electron chi connectivity index (χ1n) is 9.78. The molecular weight excluding hydrogens is 326 g/mol. The Labute approximate surface area is 155 Å². The minimum atomic E-state index is 0.0548. The Hall–Kier alpha value is -2.14. The number of carbonyl (C=O) groups excluding carboxylic acids is 1. The third kappa shape index (κ3) is 3.54. The van der Waals surface area contributed by atoms with Gasteiger partial charge in [0.15, 0.2) is 5.76 Å². The van der Waals surface area contributed by atoms with E-state index in [1.807, 2.05) is 6.07 Å². The number of nitrogens with zero attached hydrogens (tertiary/aromatic N) is 3. The van der Waals surface area contributed by atoms with Gasteiger partial charge in [0.25, 0.3) is 0 Å². The molecule has 2 aromatic rings. The van der Waals surface area contributed by atoms with Gasteiger partial charge in [0, 0.05) is 32.2 Å². The van der Waals surface area contributed by atoms with E-state index in [4.69, 9.17) is 4.52 Å². The Kier molecular flexibility index (Phi) is 5.07. The highest BCUT2D eigenvalue weighted by Crippen LogP contribution is 2.34. The average molecular weight is 353 g/mol. The van der Waals surface area contributed by atoms with Gasteiger partial charge in [0.2, 0.25) is 5.91 Å². The van der Waals surface area contributed by atoms with E-state index in [1.165, 1.54) is 11.1 Å². The fraction of sp³-hybridized carbons (Fsp3) is 0.524. The third-order valence-corrected chi connectivity index (χ3v) is 5.68. The number of rotatable bonds is 4. The van der Waals surface area contributed by atoms with Crippen molar-refractivity contribution in [1.29, 1.82) is 0 Å². The lowest BCUT2D eigenvalue weighted by atomic mass is 10.00. The molecule has 1 unspecified atom stereocenters. The maximum absolute atomic E-state index is 13.1. The topological polar surface area (TPSA) is 49.6 Å². The van der Waals surface area contributed by atoms with Gasteiger partial charge < -0.3 is 9.42 Å². The summed E-state index contributed by atoms with van der Waals surface area (Å²) in [5.74, 6) is 1.29. The average Bonchev–Trinajstić information content (AvgIpc) is 3.23. The number of hydrogen-bond donors (Lipinski definition) is 0. The van der Waals surface area contributed by atoms with Crippen LogP contribution in [0.3, 0.4) is 0 Å². The van der Waals surface area contributed by atoms with Gasteiger partial charge >= 0.3 is 0 Å². The summed E-state index contributed by atoms with van der Waals surface area (Å²) in [5, 5.41) is 4.07. The van der Waals surface area contributed by atoms with E-state index in [0.29, 0.717) is 5.91 Å². The van der Waals surface area contributed by atoms with E-state index < -0.39 is 0 Å². The van der Waals surface area contributed by atoms with Crippen molar-refractivity contribution in [1.82, 2.24) is 15.0 Å². The molecule has 138 valence electrons. The van der Waals surface area contributed by atoms with Crippen molar-refractivity contribution >= 4 is 5.91 Å². The molecular formula is C21H27N3O2. The number of aromatic nitrogens is 1. The second-order valence-corrected chi connectivity index (χ2v) is 7.38. The predicted molar refractivity (Wildman–Crippen MR) is 99.9 cm³/mol. The van der Waals surface area contributed by atoms with E-state index >= 15 is 0 Å². The lowest BCUT2D eigenvalue weighted by molar-refractivity contribution is -0.132. The Balaban J connectivity index is 1.37. The molecule has 1 fully saturated rings. The number of hydrogen-bond acceptors (Lipinski definition) is 4. The Morgan fingerprint density at radius 2 is 2.12 bits per heavy atom. The van der Waals surface area contributed by atoms with Crippen LogP contribution < -0.4 is 0 Å². The van der Waals surface area contributed by atoms with Crippen molar-refractivity contribution < 1.29 is 9.32 Å². The molecule has 2 heterocycles. The first kappa shape index (κ1) is 17.3. The molecule has 0 N–H and O–H groups in total. The molecule has 1 aromatic carbocycles. The molecule has 26 heavy (non-hydrogen) atoms. The quantitative estimate of drug-likeness (QED) is 0.848. The molecule has 1 aliphatic heterocycles. The standard InChI is InChI=1S/C21H27N3O2/c1-2-17-14-18(26-22-17)15-23-10-5-11-24(13-12-23)21(25)20-9-8-16-6-3-4-7-19(16)20/h3-4,6-7,14,20H,2,5,8-13,15H2,1H3. The number of fused-ring (bicyclic) bond motifs is 1. The molecule has 5 nitrogen and oxygen atoms in total. The molecule has 0 spiro atoms. The van der Waals surface area contributed by atoms with Crippen LogP contribution in [0.15, 0.2) is 34.9 Å². The summed E-state index contributed by atoms with van der Waals surface area (Å²) >= 11 is 0. The van der Waals surface area contributed by atoms with Crippen LogP contribution in [0.4, 0.5) is 0 Å². The zero-order valence-electron chi connectivity index (χ0n) is 15.5. The number of benzene rings is 1. The number of amides is 1. The minimum absolute atomic E-state index is 0.0548. The van der Waals surface area contributed by atoms with Gasteiger partial charge in [-0.3, -0.25) is 9.69 Å². The Morgan fingerprint density at radius 3 is 2.96 bits per heavy atom. The lowest BCUT2D eigenvalue weighted by Crippen LogP contribution is -2.37. The van der Waals surface area contributed by atoms with Crippen LogP contribution in [-0.2, 0) is 24.2 Å². The maximum atomic E-state index is 13.1. The molecule has 0 bridgehead atoms. The van der Waals surface area contributed by atoms with Crippen molar-refractivity contribution in [3.05, 3.63) is 52.9 Å². The van der Waals surface area contributed by atoms with Crippen LogP contribution in [-0.4, -0.2) is 47.0 Å². The van der Waals surface area contributed by atoms with Crippen LogP contribution in [0.1, 0.15) is 48.3 Å². The van der Waals surface area contributed by atoms with Gasteiger partial charge in [-0.2, -0.15) is 0 Å². The van der Waals surface area contributed by atoms with E-state index in [2.05, 4.69) is 46.1 Å². The highest BCUT2D eigenvalue weighted by Gasteiger charge is 2.32. The van der Waals surface area contributed by atoms with Crippen LogP contribution in [0.2, 0.25) is 0 Å². The van der Waals surface area contributed by atoms with Crippen LogP contribution >= 0.6 is 0 Å². The Morgan fingerprint density at radius 1 is 1.23 bits per heavy atom. The number of aryl methyl sites for hydroxylation is 2. The monoisotopic (exact) mass is 353 g/mol. The van der Waals surface area contributed by atoms with E-state index in [9.17, 15) is 4.79 Å². The fourth-order valence-electron chi connectivity index (χ4n) is 4.20. The van der Waals surface area contributed by atoms with Crippen molar-refractivity contribution in [3.8, 4) is 0 Å². The molecule has 1 aliphatic carbocycles. The smallest absolute Gasteiger partial charge is 0.230 e. The van der Waals surface area contributed by atoms with E-state index in [-0.39, 0.29) is 5.92 Å². The summed E-state index contributed by atoms with van der Waals surface area (Å²) in [6, 6.07) is 10.5. The molecule has 4 rings (SSSR count). The van der Waals surface area contributed by atoms with Gasteiger partial charge in [0.05, 0.1) is 18.2 Å². The molecule has 1 atom stereocenters. The van der Waals surface area contributed by atoms with Crippen molar-refractivity contribution in [2.75, 3.05) is 26.2 Å². The van der Waals surface area contributed by atoms with Crippen molar-refractivity contribution in [2.24, 2.45) is 0 Å². The molecule has 5 heteroatoms. The fourth-order valence-corrected chi connectivity index (χ4v) is 4.20. The van der Waals surface area contributed by atoms with Gasteiger partial charge in [-0.05, 0) is 36.8 Å². The van der Waals surface area contributed by atoms with Gasteiger partial charge in [-0.1, -0.05) is 36.3 Å². The molecule has 2 aliphatic rings. The largest absolute Gasteiger partial charge is 0.360 e. The number of carbonyl (C=O) groups is 1. The van der Waals surface area contributed by atoms with E-state index in [1.54, 1.807) is 0 Å². The molecule has 0 saturated carbocycles. The highest BCUT2D eigenvalue weighted by atomic mass is 16.5. The third-order valence-electron chi connectivity index (χ3n) is 5.68. The summed E-state index contributed by atoms with van der Waals surface area (Å²) < 4.78 is 5.42. The van der Waals surface area contributed by atoms with Gasteiger partial charge in [0.1, 0.15) is 0 Å². The Bertz CT molecular complexity index is 770. The second-order valence-electron chi connectivity index (χ2n) is 7.38. The van der Waals surface area contributed by atoms with Crippen molar-refractivity contribution in [3.63, 3.8) is 0 Å². The summed E-state index contributed by atoms with van der Waals surface area (Å²) in [4.78, 5) is 17.5. The lowest BCUT2D eigenvalue weighted by Gasteiger charge is -2.25. The maximum Gasteiger partial charge on any atom is 0.230 e. The molecule has 1 amide bonds. The highest BCUT2D eigenvalue weighted by molar-refractivity contribution is 5.85. The zero-order valence-corrected chi connectivity index (χ0v) is 15.5. The normalized spacial score (nSPS) is 20.8. The first-order chi connectivity index (χ1) is 12.7. The predicted octanol–water partition coefficient (Wildman–Crippen LogP) is 3.00. The van der Waals surface area contributed by atoms with Gasteiger partial charge in [-0.15, -0.1) is 0 Å². The summed E-state index contributed by atoms with van der Waals surface area (Å²) in [6.45, 7) is 6.39. The van der Waals surface area contributed by atoms with Crippen LogP contribution in [0, 0.1) is 0 Å². The summed E-state index contributed by atoms with van der Waals surface area (Å²) in [6.07, 6.45) is 3.89. The zero-order chi connectivity index (χ0) is 17.9. The molecule has 1 aromatic heterocycles. The van der Waals surface area contributed by atoms with Crippen molar-refractivity contribution in [2.45, 2.75) is 45.1 Å². The summed E-state index contributed by atoms with van der Waals surface area (Å²) in [7, 11) is 0. The second kappa shape index (κ2) is 7.62. The SMILES string of the molecule is CCc1cc(CN2CCCN(C(=O)C3CCc4ccccc43)CC2)on1.